The summed E-state index contributed by atoms with van der Waals surface area (Å²) in [6.07, 6.45) is -0.512. The van der Waals surface area contributed by atoms with Gasteiger partial charge >= 0.3 is 11.8 Å². The van der Waals surface area contributed by atoms with E-state index >= 15 is 0 Å². The SMILES string of the molecule is CCOC(=O)c1cnn2c1NN=C([N+](=O)[O-])C2O. The molecular weight excluding hydrogens is 246 g/mol. The van der Waals surface area contributed by atoms with Crippen molar-refractivity contribution in [2.75, 3.05) is 12.0 Å². The van der Waals surface area contributed by atoms with E-state index in [4.69, 9.17) is 4.74 Å². The second-order valence-corrected chi connectivity index (χ2v) is 3.28. The third kappa shape index (κ3) is 1.78. The predicted molar refractivity (Wildman–Crippen MR) is 57.5 cm³/mol. The Balaban J connectivity index is 2.35. The Labute approximate surface area is 100.0 Å². The van der Waals surface area contributed by atoms with Crippen molar-refractivity contribution in [1.29, 1.82) is 0 Å². The van der Waals surface area contributed by atoms with Gasteiger partial charge in [0.15, 0.2) is 5.82 Å². The van der Waals surface area contributed by atoms with E-state index in [-0.39, 0.29) is 18.0 Å². The Morgan fingerprint density at radius 2 is 2.50 bits per heavy atom. The summed E-state index contributed by atoms with van der Waals surface area (Å²) in [4.78, 5) is 21.2. The monoisotopic (exact) mass is 255 g/mol. The lowest BCUT2D eigenvalue weighted by Crippen LogP contribution is -2.32. The molecule has 0 amide bonds. The number of rotatable bonds is 2. The summed E-state index contributed by atoms with van der Waals surface area (Å²) in [5.41, 5.74) is 2.34. The number of hydrogen-bond donors (Lipinski definition) is 2. The van der Waals surface area contributed by atoms with Crippen molar-refractivity contribution >= 4 is 17.6 Å². The summed E-state index contributed by atoms with van der Waals surface area (Å²) in [6, 6.07) is 0. The molecule has 2 N–H and O–H groups in total. The predicted octanol–water partition coefficient (Wildman–Crippen LogP) is -0.434. The van der Waals surface area contributed by atoms with Crippen molar-refractivity contribution < 1.29 is 19.6 Å². The quantitative estimate of drug-likeness (QED) is 0.416. The first kappa shape index (κ1) is 12.0. The molecule has 96 valence electrons. The first-order valence-electron chi connectivity index (χ1n) is 4.97. The number of carbonyl (C=O) groups excluding carboxylic acids is 1. The van der Waals surface area contributed by atoms with E-state index in [9.17, 15) is 20.0 Å². The summed E-state index contributed by atoms with van der Waals surface area (Å²) in [7, 11) is 0. The smallest absolute Gasteiger partial charge is 0.415 e. The van der Waals surface area contributed by atoms with Crippen LogP contribution in [-0.2, 0) is 4.74 Å². The molecule has 1 aromatic rings. The Morgan fingerprint density at radius 1 is 1.78 bits per heavy atom. The largest absolute Gasteiger partial charge is 0.462 e. The van der Waals surface area contributed by atoms with Crippen LogP contribution in [0.25, 0.3) is 0 Å². The highest BCUT2D eigenvalue weighted by Crippen LogP contribution is 2.24. The van der Waals surface area contributed by atoms with E-state index in [0.29, 0.717) is 0 Å². The maximum Gasteiger partial charge on any atom is 0.415 e. The number of fused-ring (bicyclic) bond motifs is 1. The van der Waals surface area contributed by atoms with Crippen LogP contribution in [0.3, 0.4) is 0 Å². The Kier molecular flexibility index (Phi) is 2.93. The Morgan fingerprint density at radius 3 is 3.11 bits per heavy atom. The number of nitrogens with zero attached hydrogens (tertiary/aromatic N) is 4. The molecule has 0 radical (unpaired) electrons. The van der Waals surface area contributed by atoms with Gasteiger partial charge in [-0.15, -0.1) is 0 Å². The van der Waals surface area contributed by atoms with Crippen LogP contribution in [0.5, 0.6) is 0 Å². The highest BCUT2D eigenvalue weighted by molar-refractivity contribution is 5.95. The number of amidine groups is 1. The maximum absolute atomic E-state index is 11.5. The molecule has 10 nitrogen and oxygen atoms in total. The summed E-state index contributed by atoms with van der Waals surface area (Å²) in [5, 5.41) is 27.3. The molecule has 2 rings (SSSR count). The zero-order valence-electron chi connectivity index (χ0n) is 9.23. The Hall–Kier alpha value is -2.49. The molecule has 18 heavy (non-hydrogen) atoms. The van der Waals surface area contributed by atoms with Gasteiger partial charge in [-0.25, -0.2) is 9.48 Å². The number of esters is 1. The molecule has 1 aromatic heterocycles. The number of aliphatic hydroxyl groups is 1. The molecule has 0 bridgehead atoms. The number of ether oxygens (including phenoxy) is 1. The van der Waals surface area contributed by atoms with Crippen LogP contribution in [0.2, 0.25) is 0 Å². The van der Waals surface area contributed by atoms with Crippen LogP contribution < -0.4 is 5.43 Å². The summed E-state index contributed by atoms with van der Waals surface area (Å²) in [5.74, 6) is -1.31. The van der Waals surface area contributed by atoms with Gasteiger partial charge in [-0.05, 0) is 11.8 Å². The third-order valence-electron chi connectivity index (χ3n) is 2.22. The van der Waals surface area contributed by atoms with E-state index in [0.717, 1.165) is 10.9 Å². The van der Waals surface area contributed by atoms with Crippen LogP contribution in [0.1, 0.15) is 23.5 Å². The number of carbonyl (C=O) groups is 1. The van der Waals surface area contributed by atoms with Gasteiger partial charge < -0.3 is 20.0 Å². The highest BCUT2D eigenvalue weighted by Gasteiger charge is 2.36. The lowest BCUT2D eigenvalue weighted by molar-refractivity contribution is -0.362. The van der Waals surface area contributed by atoms with Gasteiger partial charge in [0.25, 0.3) is 6.23 Å². The average Bonchev–Trinajstić information content (AvgIpc) is 2.74. The number of nitro groups is 1. The van der Waals surface area contributed by atoms with Crippen LogP contribution in [0, 0.1) is 10.1 Å². The standard InChI is InChI=1S/C8H9N5O5/c1-2-18-8(15)4-3-9-12-5(4)10-11-6(7(12)14)13(16)17/h3,7,10,14H,2H2,1H3. The normalized spacial score (nSPS) is 17.4. The number of aromatic nitrogens is 2. The fraction of sp³-hybridized carbons (Fsp3) is 0.375. The number of nitrogens with one attached hydrogen (secondary N) is 1. The van der Waals surface area contributed by atoms with Gasteiger partial charge in [0.2, 0.25) is 0 Å². The maximum atomic E-state index is 11.5. The minimum absolute atomic E-state index is 0.0436. The first-order chi connectivity index (χ1) is 8.56. The molecule has 0 fully saturated rings. The summed E-state index contributed by atoms with van der Waals surface area (Å²) < 4.78 is 5.65. The fourth-order valence-electron chi connectivity index (χ4n) is 1.43. The van der Waals surface area contributed by atoms with Crippen LogP contribution >= 0.6 is 0 Å². The first-order valence-corrected chi connectivity index (χ1v) is 4.97. The molecule has 2 heterocycles. The number of hydrazone groups is 1. The van der Waals surface area contributed by atoms with Crippen LogP contribution in [0.4, 0.5) is 5.82 Å². The van der Waals surface area contributed by atoms with E-state index < -0.39 is 23.0 Å². The topological polar surface area (TPSA) is 132 Å². The van der Waals surface area contributed by atoms with Crippen molar-refractivity contribution in [3.05, 3.63) is 21.9 Å². The number of hydrogen-bond acceptors (Lipinski definition) is 8. The summed E-state index contributed by atoms with van der Waals surface area (Å²) in [6.45, 7) is 1.81. The van der Waals surface area contributed by atoms with Gasteiger partial charge in [0.05, 0.1) is 17.9 Å². The average molecular weight is 255 g/mol. The Bertz CT molecular complexity index is 536. The van der Waals surface area contributed by atoms with Gasteiger partial charge in [-0.2, -0.15) is 10.5 Å². The molecule has 1 atom stereocenters. The lowest BCUT2D eigenvalue weighted by atomic mass is 10.3. The van der Waals surface area contributed by atoms with Crippen molar-refractivity contribution in [3.8, 4) is 0 Å². The van der Waals surface area contributed by atoms with E-state index in [1.807, 2.05) is 0 Å². The van der Waals surface area contributed by atoms with Crippen LogP contribution in [0.15, 0.2) is 11.3 Å². The molecule has 0 aliphatic carbocycles. The molecule has 1 aliphatic rings. The van der Waals surface area contributed by atoms with Crippen molar-refractivity contribution in [3.63, 3.8) is 0 Å². The molecule has 10 heteroatoms. The van der Waals surface area contributed by atoms with Gasteiger partial charge in [0.1, 0.15) is 5.56 Å². The zero-order chi connectivity index (χ0) is 13.3. The van der Waals surface area contributed by atoms with Gasteiger partial charge in [-0.3, -0.25) is 0 Å². The molecule has 0 saturated carbocycles. The van der Waals surface area contributed by atoms with Gasteiger partial charge in [0, 0.05) is 0 Å². The van der Waals surface area contributed by atoms with Crippen molar-refractivity contribution in [2.24, 2.45) is 5.10 Å². The van der Waals surface area contributed by atoms with E-state index in [1.165, 1.54) is 0 Å². The highest BCUT2D eigenvalue weighted by atomic mass is 16.6. The molecule has 0 spiro atoms. The van der Waals surface area contributed by atoms with Gasteiger partial charge in [-0.1, -0.05) is 0 Å². The summed E-state index contributed by atoms with van der Waals surface area (Å²) >= 11 is 0. The molecule has 1 aliphatic heterocycles. The zero-order valence-corrected chi connectivity index (χ0v) is 9.23. The molecule has 1 unspecified atom stereocenters. The second kappa shape index (κ2) is 4.41. The van der Waals surface area contributed by atoms with Crippen molar-refractivity contribution in [1.82, 2.24) is 9.78 Å². The molecule has 0 saturated heterocycles. The molecule has 0 aromatic carbocycles. The minimum atomic E-state index is -1.65. The fourth-order valence-corrected chi connectivity index (χ4v) is 1.43. The minimum Gasteiger partial charge on any atom is -0.462 e. The van der Waals surface area contributed by atoms with Crippen LogP contribution in [-0.4, -0.2) is 38.2 Å². The molecular formula is C8H9N5O5. The number of anilines is 1. The van der Waals surface area contributed by atoms with E-state index in [1.54, 1.807) is 6.92 Å². The van der Waals surface area contributed by atoms with E-state index in [2.05, 4.69) is 15.6 Å². The third-order valence-corrected chi connectivity index (χ3v) is 2.22. The van der Waals surface area contributed by atoms with Crippen molar-refractivity contribution in [2.45, 2.75) is 13.2 Å². The number of aliphatic hydroxyl groups excluding tert-OH is 1. The second-order valence-electron chi connectivity index (χ2n) is 3.28. The lowest BCUT2D eigenvalue weighted by Gasteiger charge is -2.14.